The minimum Gasteiger partial charge on any atom is -0.497 e. The van der Waals surface area contributed by atoms with E-state index in [0.29, 0.717) is 13.1 Å². The van der Waals surface area contributed by atoms with Gasteiger partial charge < -0.3 is 19.7 Å². The first-order chi connectivity index (χ1) is 15.1. The highest BCUT2D eigenvalue weighted by atomic mass is 16.5. The van der Waals surface area contributed by atoms with Crippen molar-refractivity contribution in [3.05, 3.63) is 72.3 Å². The average Bonchev–Trinajstić information content (AvgIpc) is 3.45. The zero-order valence-electron chi connectivity index (χ0n) is 17.5. The Morgan fingerprint density at radius 1 is 1.19 bits per heavy atom. The van der Waals surface area contributed by atoms with Crippen LogP contribution in [0.2, 0.25) is 0 Å². The molecular formula is C25H26N2O4. The second-order valence-corrected chi connectivity index (χ2v) is 8.40. The molecule has 0 aliphatic carbocycles. The van der Waals surface area contributed by atoms with Gasteiger partial charge in [-0.25, -0.2) is 0 Å². The predicted molar refractivity (Wildman–Crippen MR) is 117 cm³/mol. The molecule has 3 heterocycles. The van der Waals surface area contributed by atoms with Gasteiger partial charge in [-0.3, -0.25) is 9.59 Å². The molecule has 0 saturated carbocycles. The summed E-state index contributed by atoms with van der Waals surface area (Å²) in [4.78, 5) is 28.1. The largest absolute Gasteiger partial charge is 0.497 e. The van der Waals surface area contributed by atoms with Crippen molar-refractivity contribution in [2.75, 3.05) is 25.1 Å². The van der Waals surface area contributed by atoms with Crippen LogP contribution >= 0.6 is 0 Å². The fourth-order valence-electron chi connectivity index (χ4n) is 5.05. The second kappa shape index (κ2) is 7.85. The van der Waals surface area contributed by atoms with Crippen LogP contribution in [0.5, 0.6) is 5.75 Å². The summed E-state index contributed by atoms with van der Waals surface area (Å²) in [6.07, 6.45) is 5.34. The van der Waals surface area contributed by atoms with Gasteiger partial charge in [-0.2, -0.15) is 0 Å². The Hall–Kier alpha value is -3.12. The number of fused-ring (bicyclic) bond motifs is 1. The number of nitrogens with one attached hydrogen (secondary N) is 1. The summed E-state index contributed by atoms with van der Waals surface area (Å²) in [7, 11) is 1.61. The van der Waals surface area contributed by atoms with Crippen molar-refractivity contribution in [1.82, 2.24) is 5.32 Å². The van der Waals surface area contributed by atoms with E-state index >= 15 is 0 Å². The topological polar surface area (TPSA) is 67.9 Å². The molecule has 2 bridgehead atoms. The van der Waals surface area contributed by atoms with Gasteiger partial charge in [-0.15, -0.1) is 0 Å². The van der Waals surface area contributed by atoms with Gasteiger partial charge >= 0.3 is 0 Å². The van der Waals surface area contributed by atoms with Gasteiger partial charge in [0, 0.05) is 12.2 Å². The van der Waals surface area contributed by atoms with E-state index in [1.807, 2.05) is 54.6 Å². The first-order valence-electron chi connectivity index (χ1n) is 10.8. The van der Waals surface area contributed by atoms with E-state index in [1.54, 1.807) is 12.0 Å². The molecule has 1 N–H and O–H groups in total. The Bertz CT molecular complexity index is 1000. The van der Waals surface area contributed by atoms with Crippen molar-refractivity contribution in [1.29, 1.82) is 0 Å². The van der Waals surface area contributed by atoms with Gasteiger partial charge in [0.05, 0.1) is 31.6 Å². The maximum absolute atomic E-state index is 13.4. The van der Waals surface area contributed by atoms with Gasteiger partial charge in [0.2, 0.25) is 11.8 Å². The molecule has 2 fully saturated rings. The van der Waals surface area contributed by atoms with Crippen LogP contribution in [0.25, 0.3) is 0 Å². The number of carbonyl (C=O) groups excluding carboxylic acids is 2. The SMILES string of the molecule is COc1ccc(N2C[C@@]34C=C[C@@H](O3)C(C(=O)NCCCc3ccccc3)[C@@H]4C2=O)cc1. The summed E-state index contributed by atoms with van der Waals surface area (Å²) in [5, 5.41) is 3.04. The number of methoxy groups -OCH3 is 1. The highest BCUT2D eigenvalue weighted by molar-refractivity contribution is 6.03. The number of amides is 2. The smallest absolute Gasteiger partial charge is 0.234 e. The van der Waals surface area contributed by atoms with Crippen LogP contribution in [-0.4, -0.2) is 43.7 Å². The number of hydrogen-bond donors (Lipinski definition) is 1. The number of nitrogens with zero attached hydrogens (tertiary/aromatic N) is 1. The van der Waals surface area contributed by atoms with E-state index in [1.165, 1.54) is 5.56 Å². The maximum atomic E-state index is 13.4. The van der Waals surface area contributed by atoms with Crippen molar-refractivity contribution >= 4 is 17.5 Å². The van der Waals surface area contributed by atoms with Crippen LogP contribution in [0, 0.1) is 11.8 Å². The highest BCUT2D eigenvalue weighted by Crippen LogP contribution is 2.52. The molecule has 1 unspecified atom stereocenters. The third-order valence-corrected chi connectivity index (χ3v) is 6.57. The monoisotopic (exact) mass is 418 g/mol. The molecular weight excluding hydrogens is 392 g/mol. The number of benzene rings is 2. The van der Waals surface area contributed by atoms with Crippen LogP contribution in [0.3, 0.4) is 0 Å². The first kappa shape index (κ1) is 19.8. The number of ether oxygens (including phenoxy) is 2. The molecule has 4 atom stereocenters. The third kappa shape index (κ3) is 3.41. The Balaban J connectivity index is 1.26. The van der Waals surface area contributed by atoms with E-state index in [-0.39, 0.29) is 17.9 Å². The minimum atomic E-state index is -0.715. The van der Waals surface area contributed by atoms with Crippen LogP contribution in [0.15, 0.2) is 66.7 Å². The van der Waals surface area contributed by atoms with E-state index in [9.17, 15) is 9.59 Å². The molecule has 1 spiro atoms. The Morgan fingerprint density at radius 2 is 1.97 bits per heavy atom. The fraction of sp³-hybridized carbons (Fsp3) is 0.360. The number of aryl methyl sites for hydroxylation is 1. The molecule has 2 amide bonds. The Kier molecular flexibility index (Phi) is 5.02. The van der Waals surface area contributed by atoms with Crippen molar-refractivity contribution in [2.24, 2.45) is 11.8 Å². The molecule has 160 valence electrons. The average molecular weight is 418 g/mol. The summed E-state index contributed by atoms with van der Waals surface area (Å²) in [5.74, 6) is -0.393. The molecule has 2 aromatic rings. The predicted octanol–water partition coefficient (Wildman–Crippen LogP) is 2.73. The molecule has 6 nitrogen and oxygen atoms in total. The van der Waals surface area contributed by atoms with Crippen LogP contribution in [0.1, 0.15) is 12.0 Å². The van der Waals surface area contributed by atoms with E-state index in [4.69, 9.17) is 9.47 Å². The number of rotatable bonds is 7. The first-order valence-corrected chi connectivity index (χ1v) is 10.8. The molecule has 0 radical (unpaired) electrons. The van der Waals surface area contributed by atoms with Gasteiger partial charge in [0.1, 0.15) is 11.4 Å². The van der Waals surface area contributed by atoms with Gasteiger partial charge in [-0.1, -0.05) is 42.5 Å². The van der Waals surface area contributed by atoms with Crippen molar-refractivity contribution in [3.63, 3.8) is 0 Å². The van der Waals surface area contributed by atoms with Crippen molar-refractivity contribution < 1.29 is 19.1 Å². The molecule has 2 saturated heterocycles. The molecule has 3 aliphatic rings. The lowest BCUT2D eigenvalue weighted by Gasteiger charge is -2.23. The number of hydrogen-bond acceptors (Lipinski definition) is 4. The Labute approximate surface area is 181 Å². The Morgan fingerprint density at radius 3 is 2.71 bits per heavy atom. The lowest BCUT2D eigenvalue weighted by Crippen LogP contribution is -2.44. The molecule has 6 heteroatoms. The maximum Gasteiger partial charge on any atom is 0.234 e. The van der Waals surface area contributed by atoms with Gasteiger partial charge in [-0.05, 0) is 42.7 Å². The lowest BCUT2D eigenvalue weighted by atomic mass is 9.77. The normalized spacial score (nSPS) is 28.1. The third-order valence-electron chi connectivity index (χ3n) is 6.57. The minimum absolute atomic E-state index is 0.0542. The summed E-state index contributed by atoms with van der Waals surface area (Å²) in [6.45, 7) is 1.00. The van der Waals surface area contributed by atoms with E-state index in [2.05, 4.69) is 17.4 Å². The molecule has 0 aromatic heterocycles. The standard InChI is InChI=1S/C25H26N2O4/c1-30-19-11-9-18(10-12-19)27-16-25-14-13-20(31-25)21(22(25)24(27)29)23(28)26-15-5-8-17-6-3-2-4-7-17/h2-4,6-7,9-14,20-22H,5,8,15-16H2,1H3,(H,26,28)/t20-,21?,22-,25-/m1/s1. The van der Waals surface area contributed by atoms with Crippen LogP contribution < -0.4 is 15.0 Å². The summed E-state index contributed by atoms with van der Waals surface area (Å²) >= 11 is 0. The van der Waals surface area contributed by atoms with Crippen LogP contribution in [-0.2, 0) is 20.7 Å². The fourth-order valence-corrected chi connectivity index (χ4v) is 5.05. The highest BCUT2D eigenvalue weighted by Gasteiger charge is 2.67. The quantitative estimate of drug-likeness (QED) is 0.555. The summed E-state index contributed by atoms with van der Waals surface area (Å²) < 4.78 is 11.4. The number of anilines is 1. The zero-order valence-corrected chi connectivity index (χ0v) is 17.5. The van der Waals surface area contributed by atoms with Gasteiger partial charge in [0.15, 0.2) is 0 Å². The van der Waals surface area contributed by atoms with Crippen molar-refractivity contribution in [2.45, 2.75) is 24.5 Å². The zero-order chi connectivity index (χ0) is 21.4. The van der Waals surface area contributed by atoms with E-state index < -0.39 is 17.4 Å². The molecule has 31 heavy (non-hydrogen) atoms. The van der Waals surface area contributed by atoms with Crippen LogP contribution in [0.4, 0.5) is 5.69 Å². The molecule has 3 aliphatic heterocycles. The van der Waals surface area contributed by atoms with E-state index in [0.717, 1.165) is 24.3 Å². The lowest BCUT2D eigenvalue weighted by molar-refractivity contribution is -0.131. The summed E-state index contributed by atoms with van der Waals surface area (Å²) in [6, 6.07) is 17.6. The summed E-state index contributed by atoms with van der Waals surface area (Å²) in [5.41, 5.74) is 1.33. The molecule has 5 rings (SSSR count). The molecule has 2 aromatic carbocycles. The number of carbonyl (C=O) groups is 2. The van der Waals surface area contributed by atoms with Gasteiger partial charge in [0.25, 0.3) is 0 Å². The second-order valence-electron chi connectivity index (χ2n) is 8.40. The van der Waals surface area contributed by atoms with Crippen molar-refractivity contribution in [3.8, 4) is 5.75 Å².